The van der Waals surface area contributed by atoms with Crippen LogP contribution in [-0.2, 0) is 11.3 Å². The largest absolute Gasteiger partial charge is 0.493 e. The summed E-state index contributed by atoms with van der Waals surface area (Å²) in [6.45, 7) is 4.01. The summed E-state index contributed by atoms with van der Waals surface area (Å²) in [5.74, 6) is 1.34. The van der Waals surface area contributed by atoms with Crippen LogP contribution in [0.2, 0.25) is 5.02 Å². The van der Waals surface area contributed by atoms with E-state index >= 15 is 0 Å². The first-order valence-electron chi connectivity index (χ1n) is 9.00. The van der Waals surface area contributed by atoms with Gasteiger partial charge in [-0.15, -0.1) is 0 Å². The molecule has 1 fully saturated rings. The third-order valence-electron chi connectivity index (χ3n) is 5.01. The molecule has 0 saturated carbocycles. The van der Waals surface area contributed by atoms with E-state index in [1.807, 2.05) is 37.3 Å². The molecule has 2 atom stereocenters. The minimum absolute atomic E-state index is 0.0514. The van der Waals surface area contributed by atoms with E-state index in [1.165, 1.54) is 0 Å². The Hall–Kier alpha value is -1.79. The summed E-state index contributed by atoms with van der Waals surface area (Å²) in [4.78, 5) is 2.31. The molecule has 0 bridgehead atoms. The van der Waals surface area contributed by atoms with Gasteiger partial charge in [-0.05, 0) is 41.8 Å². The Balaban J connectivity index is 1.93. The van der Waals surface area contributed by atoms with E-state index in [2.05, 4.69) is 11.0 Å². The minimum Gasteiger partial charge on any atom is -0.493 e. The van der Waals surface area contributed by atoms with E-state index in [-0.39, 0.29) is 18.8 Å². The molecular weight excluding hydrogens is 366 g/mol. The van der Waals surface area contributed by atoms with E-state index < -0.39 is 0 Å². The van der Waals surface area contributed by atoms with Crippen molar-refractivity contribution < 1.29 is 19.3 Å². The zero-order valence-corrected chi connectivity index (χ0v) is 16.7. The number of nitrogens with zero attached hydrogens (tertiary/aromatic N) is 1. The number of aliphatic hydroxyl groups excluding tert-OH is 1. The molecule has 5 nitrogen and oxygen atoms in total. The van der Waals surface area contributed by atoms with Crippen molar-refractivity contribution in [1.29, 1.82) is 0 Å². The summed E-state index contributed by atoms with van der Waals surface area (Å²) >= 11 is 6.30. The van der Waals surface area contributed by atoms with Gasteiger partial charge in [0, 0.05) is 18.1 Å². The normalized spacial score (nSPS) is 20.5. The molecule has 1 aliphatic rings. The average Bonchev–Trinajstić information content (AvgIpc) is 2.70. The van der Waals surface area contributed by atoms with Gasteiger partial charge in [0.25, 0.3) is 0 Å². The van der Waals surface area contributed by atoms with Crippen LogP contribution in [0.25, 0.3) is 0 Å². The number of rotatable bonds is 6. The molecule has 0 spiro atoms. The fourth-order valence-corrected chi connectivity index (χ4v) is 3.75. The van der Waals surface area contributed by atoms with E-state index in [1.54, 1.807) is 14.2 Å². The number of hydrogen-bond acceptors (Lipinski definition) is 5. The van der Waals surface area contributed by atoms with Crippen LogP contribution >= 0.6 is 11.6 Å². The third-order valence-corrected chi connectivity index (χ3v) is 5.41. The lowest BCUT2D eigenvalue weighted by molar-refractivity contribution is -0.0961. The van der Waals surface area contributed by atoms with Crippen molar-refractivity contribution in [3.63, 3.8) is 0 Å². The number of aryl methyl sites for hydroxylation is 1. The van der Waals surface area contributed by atoms with E-state index in [9.17, 15) is 5.11 Å². The predicted molar refractivity (Wildman–Crippen MR) is 106 cm³/mol. The maximum atomic E-state index is 9.89. The smallest absolute Gasteiger partial charge is 0.161 e. The maximum Gasteiger partial charge on any atom is 0.161 e. The topological polar surface area (TPSA) is 51.2 Å². The monoisotopic (exact) mass is 391 g/mol. The first-order valence-corrected chi connectivity index (χ1v) is 9.38. The van der Waals surface area contributed by atoms with E-state index in [0.717, 1.165) is 34.8 Å². The Kier molecular flexibility index (Phi) is 6.60. The van der Waals surface area contributed by atoms with Gasteiger partial charge in [-0.3, -0.25) is 4.90 Å². The first-order chi connectivity index (χ1) is 13.1. The molecule has 1 aliphatic heterocycles. The zero-order chi connectivity index (χ0) is 19.4. The highest BCUT2D eigenvalue weighted by Gasteiger charge is 2.33. The number of methoxy groups -OCH3 is 2. The molecular formula is C21H26ClNO4. The van der Waals surface area contributed by atoms with Crippen LogP contribution < -0.4 is 9.47 Å². The van der Waals surface area contributed by atoms with Crippen molar-refractivity contribution in [3.05, 3.63) is 58.1 Å². The Labute approximate surface area is 165 Å². The molecule has 1 N–H and O–H groups in total. The molecule has 146 valence electrons. The number of ether oxygens (including phenoxy) is 3. The standard InChI is InChI=1S/C21H26ClNO4/c1-14-4-5-15(10-17(14)22)12-23-8-9-27-20(13-24)21(23)16-6-7-18(25-2)19(11-16)26-3/h4-7,10-11,20-21,24H,8-9,12-13H2,1-3H3/t20-,21-/m1/s1. The lowest BCUT2D eigenvalue weighted by Crippen LogP contribution is -2.46. The Bertz CT molecular complexity index is 783. The summed E-state index contributed by atoms with van der Waals surface area (Å²) in [6, 6.07) is 11.9. The minimum atomic E-state index is -0.308. The van der Waals surface area contributed by atoms with Crippen LogP contribution in [-0.4, -0.2) is 50.1 Å². The van der Waals surface area contributed by atoms with Crippen molar-refractivity contribution in [2.45, 2.75) is 25.6 Å². The zero-order valence-electron chi connectivity index (χ0n) is 15.9. The number of benzene rings is 2. The van der Waals surface area contributed by atoms with Crippen LogP contribution in [0.3, 0.4) is 0 Å². The number of morpholine rings is 1. The van der Waals surface area contributed by atoms with Crippen LogP contribution in [0.1, 0.15) is 22.7 Å². The van der Waals surface area contributed by atoms with Crippen molar-refractivity contribution >= 4 is 11.6 Å². The Morgan fingerprint density at radius 1 is 1.15 bits per heavy atom. The van der Waals surface area contributed by atoms with Crippen molar-refractivity contribution in [3.8, 4) is 11.5 Å². The highest BCUT2D eigenvalue weighted by molar-refractivity contribution is 6.31. The second-order valence-corrected chi connectivity index (χ2v) is 7.11. The lowest BCUT2D eigenvalue weighted by atomic mass is 9.97. The SMILES string of the molecule is COc1ccc([C@@H]2[C@@H](CO)OCCN2Cc2ccc(C)c(Cl)c2)cc1OC. The van der Waals surface area contributed by atoms with E-state index in [0.29, 0.717) is 18.1 Å². The molecule has 27 heavy (non-hydrogen) atoms. The molecule has 2 aromatic carbocycles. The van der Waals surface area contributed by atoms with Gasteiger partial charge in [0.05, 0.1) is 33.5 Å². The summed E-state index contributed by atoms with van der Waals surface area (Å²) in [5.41, 5.74) is 3.21. The number of hydrogen-bond donors (Lipinski definition) is 1. The quantitative estimate of drug-likeness (QED) is 0.815. The molecule has 0 unspecified atom stereocenters. The molecule has 3 rings (SSSR count). The second-order valence-electron chi connectivity index (χ2n) is 6.71. The molecule has 2 aromatic rings. The molecule has 0 radical (unpaired) electrons. The maximum absolute atomic E-state index is 9.89. The summed E-state index contributed by atoms with van der Waals surface area (Å²) in [5, 5.41) is 10.7. The van der Waals surface area contributed by atoms with Gasteiger partial charge in [-0.25, -0.2) is 0 Å². The van der Waals surface area contributed by atoms with Crippen molar-refractivity contribution in [2.75, 3.05) is 34.0 Å². The first kappa shape index (κ1) is 20.0. The van der Waals surface area contributed by atoms with Crippen LogP contribution in [0.4, 0.5) is 0 Å². The van der Waals surface area contributed by atoms with Gasteiger partial charge in [-0.1, -0.05) is 29.8 Å². The van der Waals surface area contributed by atoms with Gasteiger partial charge in [0.1, 0.15) is 6.10 Å². The Morgan fingerprint density at radius 2 is 1.93 bits per heavy atom. The number of halogens is 1. The van der Waals surface area contributed by atoms with Crippen LogP contribution in [0, 0.1) is 6.92 Å². The predicted octanol–water partition coefficient (Wildman–Crippen LogP) is 3.60. The van der Waals surface area contributed by atoms with Gasteiger partial charge in [0.2, 0.25) is 0 Å². The van der Waals surface area contributed by atoms with E-state index in [4.69, 9.17) is 25.8 Å². The van der Waals surface area contributed by atoms with Gasteiger partial charge in [-0.2, -0.15) is 0 Å². The molecule has 0 aliphatic carbocycles. The fraction of sp³-hybridized carbons (Fsp3) is 0.429. The summed E-state index contributed by atoms with van der Waals surface area (Å²) in [6.07, 6.45) is -0.308. The number of aliphatic hydroxyl groups is 1. The molecule has 0 aromatic heterocycles. The molecule has 1 saturated heterocycles. The lowest BCUT2D eigenvalue weighted by Gasteiger charge is -2.41. The van der Waals surface area contributed by atoms with Crippen molar-refractivity contribution in [1.82, 2.24) is 4.90 Å². The highest BCUT2D eigenvalue weighted by Crippen LogP contribution is 2.36. The molecule has 1 heterocycles. The van der Waals surface area contributed by atoms with Crippen molar-refractivity contribution in [2.24, 2.45) is 0 Å². The average molecular weight is 392 g/mol. The fourth-order valence-electron chi connectivity index (χ4n) is 3.55. The summed E-state index contributed by atoms with van der Waals surface area (Å²) in [7, 11) is 3.24. The van der Waals surface area contributed by atoms with Gasteiger partial charge < -0.3 is 19.3 Å². The second kappa shape index (κ2) is 8.93. The van der Waals surface area contributed by atoms with Gasteiger partial charge in [0.15, 0.2) is 11.5 Å². The van der Waals surface area contributed by atoms with Crippen LogP contribution in [0.5, 0.6) is 11.5 Å². The van der Waals surface area contributed by atoms with Gasteiger partial charge >= 0.3 is 0 Å². The highest BCUT2D eigenvalue weighted by atomic mass is 35.5. The third kappa shape index (κ3) is 4.38. The Morgan fingerprint density at radius 3 is 2.59 bits per heavy atom. The van der Waals surface area contributed by atoms with Crippen LogP contribution in [0.15, 0.2) is 36.4 Å². The summed E-state index contributed by atoms with van der Waals surface area (Å²) < 4.78 is 16.6. The molecule has 6 heteroatoms. The molecule has 0 amide bonds.